The van der Waals surface area contributed by atoms with Gasteiger partial charge in [-0.15, -0.1) is 0 Å². The lowest BCUT2D eigenvalue weighted by Gasteiger charge is -2.27. The molecule has 1 unspecified atom stereocenters. The molecule has 0 spiro atoms. The van der Waals surface area contributed by atoms with Crippen LogP contribution in [0.15, 0.2) is 42.5 Å². The quantitative estimate of drug-likeness (QED) is 0.444. The topological polar surface area (TPSA) is 24.9 Å². The fourth-order valence-corrected chi connectivity index (χ4v) is 3.57. The molecule has 0 heterocycles. The Morgan fingerprint density at radius 2 is 1.41 bits per heavy atom. The molecule has 2 aromatic rings. The fourth-order valence-electron chi connectivity index (χ4n) is 3.57. The average molecular weight is 399 g/mol. The molecule has 2 rings (SSSR count). The lowest BCUT2D eigenvalue weighted by molar-refractivity contribution is 0.133. The summed E-state index contributed by atoms with van der Waals surface area (Å²) in [5.74, 6) is 0.879. The lowest BCUT2D eigenvalue weighted by atomic mass is 9.99. The summed E-state index contributed by atoms with van der Waals surface area (Å²) in [4.78, 5) is 4.58. The van der Waals surface area contributed by atoms with Crippen LogP contribution >= 0.6 is 0 Å². The molecule has 4 heteroatoms. The number of rotatable bonds is 12. The Morgan fingerprint density at radius 3 is 1.90 bits per heavy atom. The smallest absolute Gasteiger partial charge is 0.127 e. The number of hydrogen-bond donors (Lipinski definition) is 0. The fraction of sp³-hybridized carbons (Fsp3) is 0.520. The number of unbranched alkanes of at least 4 members (excludes halogenated alkanes) is 2. The first-order chi connectivity index (χ1) is 14.0. The summed E-state index contributed by atoms with van der Waals surface area (Å²) in [5.41, 5.74) is 4.58. The van der Waals surface area contributed by atoms with Crippen molar-refractivity contribution in [2.45, 2.75) is 45.6 Å². The standard InChI is InChI=1S/C25H38N2O2/c1-7-9-17-27(18-10-8-2)22-15-16-23(24(19-22)28-5)25(29-6)20-11-13-21(14-12-20)26(3)4/h11-16,19,25H,7-10,17-18H2,1-6H3. The number of nitrogens with zero attached hydrogens (tertiary/aromatic N) is 2. The highest BCUT2D eigenvalue weighted by atomic mass is 16.5. The van der Waals surface area contributed by atoms with Crippen LogP contribution in [-0.4, -0.2) is 41.4 Å². The summed E-state index contributed by atoms with van der Waals surface area (Å²) < 4.78 is 11.7. The Hall–Kier alpha value is -2.20. The molecule has 0 aliphatic rings. The highest BCUT2D eigenvalue weighted by molar-refractivity contribution is 5.56. The molecular weight excluding hydrogens is 360 g/mol. The minimum absolute atomic E-state index is 0.157. The van der Waals surface area contributed by atoms with Crippen molar-refractivity contribution in [3.63, 3.8) is 0 Å². The number of benzene rings is 2. The van der Waals surface area contributed by atoms with Crippen molar-refractivity contribution in [2.75, 3.05) is 51.2 Å². The Labute approximate surface area is 177 Å². The second kappa shape index (κ2) is 11.7. The van der Waals surface area contributed by atoms with Crippen LogP contribution in [0.1, 0.15) is 56.8 Å². The van der Waals surface area contributed by atoms with Crippen LogP contribution in [0.25, 0.3) is 0 Å². The summed E-state index contributed by atoms with van der Waals surface area (Å²) in [6.45, 7) is 6.65. The highest BCUT2D eigenvalue weighted by Gasteiger charge is 2.19. The number of methoxy groups -OCH3 is 2. The third-order valence-electron chi connectivity index (χ3n) is 5.38. The molecule has 29 heavy (non-hydrogen) atoms. The van der Waals surface area contributed by atoms with Gasteiger partial charge in [0.05, 0.1) is 7.11 Å². The van der Waals surface area contributed by atoms with E-state index in [1.807, 2.05) is 14.1 Å². The molecule has 4 nitrogen and oxygen atoms in total. The maximum atomic E-state index is 5.89. The van der Waals surface area contributed by atoms with E-state index < -0.39 is 0 Å². The van der Waals surface area contributed by atoms with Crippen molar-refractivity contribution < 1.29 is 9.47 Å². The van der Waals surface area contributed by atoms with Crippen molar-refractivity contribution in [3.8, 4) is 5.75 Å². The van der Waals surface area contributed by atoms with Crippen LogP contribution < -0.4 is 14.5 Å². The van der Waals surface area contributed by atoms with Gasteiger partial charge in [-0.25, -0.2) is 0 Å². The van der Waals surface area contributed by atoms with Crippen molar-refractivity contribution in [1.29, 1.82) is 0 Å². The normalized spacial score (nSPS) is 11.9. The molecule has 2 aromatic carbocycles. The van der Waals surface area contributed by atoms with Gasteiger partial charge >= 0.3 is 0 Å². The van der Waals surface area contributed by atoms with Gasteiger partial charge in [-0.1, -0.05) is 44.9 Å². The molecule has 0 saturated carbocycles. The third kappa shape index (κ3) is 6.14. The third-order valence-corrected chi connectivity index (χ3v) is 5.38. The summed E-state index contributed by atoms with van der Waals surface area (Å²) in [5, 5.41) is 0. The molecule has 160 valence electrons. The summed E-state index contributed by atoms with van der Waals surface area (Å²) in [7, 11) is 7.60. The second-order valence-electron chi connectivity index (χ2n) is 7.72. The zero-order valence-electron chi connectivity index (χ0n) is 19.1. The SMILES string of the molecule is CCCCN(CCCC)c1ccc(C(OC)c2ccc(N(C)C)cc2)c(OC)c1. The largest absolute Gasteiger partial charge is 0.496 e. The van der Waals surface area contributed by atoms with Crippen molar-refractivity contribution in [3.05, 3.63) is 53.6 Å². The molecule has 0 aromatic heterocycles. The van der Waals surface area contributed by atoms with E-state index in [1.165, 1.54) is 37.1 Å². The van der Waals surface area contributed by atoms with E-state index in [-0.39, 0.29) is 6.10 Å². The van der Waals surface area contributed by atoms with Crippen LogP contribution in [0.5, 0.6) is 5.75 Å². The predicted octanol–water partition coefficient (Wildman–Crippen LogP) is 5.90. The number of hydrogen-bond acceptors (Lipinski definition) is 4. The Kier molecular flexibility index (Phi) is 9.33. The van der Waals surface area contributed by atoms with Gasteiger partial charge in [-0.05, 0) is 36.6 Å². The maximum Gasteiger partial charge on any atom is 0.127 e. The van der Waals surface area contributed by atoms with Gasteiger partial charge in [0.15, 0.2) is 0 Å². The van der Waals surface area contributed by atoms with Crippen molar-refractivity contribution in [2.24, 2.45) is 0 Å². The molecule has 0 aliphatic carbocycles. The van der Waals surface area contributed by atoms with Crippen LogP contribution in [-0.2, 0) is 4.74 Å². The molecule has 0 amide bonds. The van der Waals surface area contributed by atoms with Gasteiger partial charge in [0.1, 0.15) is 11.9 Å². The van der Waals surface area contributed by atoms with E-state index in [4.69, 9.17) is 9.47 Å². The second-order valence-corrected chi connectivity index (χ2v) is 7.72. The average Bonchev–Trinajstić information content (AvgIpc) is 2.75. The minimum atomic E-state index is -0.157. The van der Waals surface area contributed by atoms with Crippen molar-refractivity contribution >= 4 is 11.4 Å². The van der Waals surface area contributed by atoms with Gasteiger partial charge in [0, 0.05) is 57.3 Å². The van der Waals surface area contributed by atoms with Crippen LogP contribution in [0.4, 0.5) is 11.4 Å². The van der Waals surface area contributed by atoms with Crippen LogP contribution in [0.3, 0.4) is 0 Å². The van der Waals surface area contributed by atoms with Crippen molar-refractivity contribution in [1.82, 2.24) is 0 Å². The Bertz CT molecular complexity index is 720. The Morgan fingerprint density at radius 1 is 0.828 bits per heavy atom. The van der Waals surface area contributed by atoms with Crippen LogP contribution in [0, 0.1) is 0 Å². The van der Waals surface area contributed by atoms with Gasteiger partial charge in [-0.2, -0.15) is 0 Å². The van der Waals surface area contributed by atoms with E-state index in [1.54, 1.807) is 14.2 Å². The van der Waals surface area contributed by atoms with E-state index >= 15 is 0 Å². The van der Waals surface area contributed by atoms with E-state index in [0.29, 0.717) is 0 Å². The minimum Gasteiger partial charge on any atom is -0.496 e. The van der Waals surface area contributed by atoms with E-state index in [2.05, 4.69) is 66.1 Å². The van der Waals surface area contributed by atoms with Gasteiger partial charge in [0.25, 0.3) is 0 Å². The van der Waals surface area contributed by atoms with Gasteiger partial charge in [0.2, 0.25) is 0 Å². The zero-order chi connectivity index (χ0) is 21.2. The van der Waals surface area contributed by atoms with E-state index in [0.717, 1.165) is 30.0 Å². The van der Waals surface area contributed by atoms with Gasteiger partial charge in [-0.3, -0.25) is 0 Å². The molecule has 0 saturated heterocycles. The number of ether oxygens (including phenoxy) is 2. The highest BCUT2D eigenvalue weighted by Crippen LogP contribution is 2.36. The summed E-state index contributed by atoms with van der Waals surface area (Å²) >= 11 is 0. The number of anilines is 2. The Balaban J connectivity index is 2.33. The van der Waals surface area contributed by atoms with E-state index in [9.17, 15) is 0 Å². The maximum absolute atomic E-state index is 5.89. The molecular formula is C25H38N2O2. The summed E-state index contributed by atoms with van der Waals surface area (Å²) in [6.07, 6.45) is 4.65. The molecule has 1 atom stereocenters. The first-order valence-corrected chi connectivity index (χ1v) is 10.8. The molecule has 0 bridgehead atoms. The molecule has 0 radical (unpaired) electrons. The first-order valence-electron chi connectivity index (χ1n) is 10.8. The molecule has 0 aliphatic heterocycles. The zero-order valence-corrected chi connectivity index (χ0v) is 19.1. The predicted molar refractivity (Wildman–Crippen MR) is 125 cm³/mol. The van der Waals surface area contributed by atoms with Crippen LogP contribution in [0.2, 0.25) is 0 Å². The molecule has 0 fully saturated rings. The first kappa shape index (κ1) is 23.1. The van der Waals surface area contributed by atoms with Gasteiger partial charge < -0.3 is 19.3 Å². The monoisotopic (exact) mass is 398 g/mol. The molecule has 0 N–H and O–H groups in total. The lowest BCUT2D eigenvalue weighted by Crippen LogP contribution is -2.25. The summed E-state index contributed by atoms with van der Waals surface area (Å²) in [6, 6.07) is 15.0.